The molecule has 1 saturated carbocycles. The molecule has 1 saturated heterocycles. The number of rotatable bonds is 10. The van der Waals surface area contributed by atoms with Gasteiger partial charge in [0.2, 0.25) is 11.8 Å². The monoisotopic (exact) mass is 690 g/mol. The van der Waals surface area contributed by atoms with E-state index in [2.05, 4.69) is 27.1 Å². The number of carboxylic acid groups (broad SMARTS) is 1. The predicted octanol–water partition coefficient (Wildman–Crippen LogP) is 5.77. The van der Waals surface area contributed by atoms with Crippen molar-refractivity contribution in [2.45, 2.75) is 64.0 Å². The number of likely N-dealkylation sites (N-methyl/N-ethyl adjacent to an activating group) is 1. The molecule has 11 nitrogen and oxygen atoms in total. The summed E-state index contributed by atoms with van der Waals surface area (Å²) in [6.45, 7) is 6.38. The summed E-state index contributed by atoms with van der Waals surface area (Å²) in [7, 11) is 2.07. The molecule has 51 heavy (non-hydrogen) atoms. The van der Waals surface area contributed by atoms with Gasteiger partial charge in [0.25, 0.3) is 5.91 Å². The van der Waals surface area contributed by atoms with Gasteiger partial charge in [-0.3, -0.25) is 19.4 Å². The lowest BCUT2D eigenvalue weighted by molar-refractivity contribution is -0.133. The van der Waals surface area contributed by atoms with E-state index in [0.29, 0.717) is 35.8 Å². The van der Waals surface area contributed by atoms with Crippen molar-refractivity contribution >= 4 is 46.4 Å². The van der Waals surface area contributed by atoms with Gasteiger partial charge in [-0.1, -0.05) is 43.5 Å². The molecule has 3 N–H and O–H groups in total. The van der Waals surface area contributed by atoms with Crippen LogP contribution >= 0.6 is 0 Å². The summed E-state index contributed by atoms with van der Waals surface area (Å²) in [4.78, 5) is 60.9. The van der Waals surface area contributed by atoms with Crippen molar-refractivity contribution in [2.24, 2.45) is 0 Å². The average Bonchev–Trinajstić information content (AvgIpc) is 3.45. The van der Waals surface area contributed by atoms with E-state index in [1.807, 2.05) is 35.2 Å². The molecule has 2 aromatic carbocycles. The summed E-state index contributed by atoms with van der Waals surface area (Å²) < 4.78 is 2.06. The molecule has 0 bridgehead atoms. The molecule has 4 aromatic rings. The maximum absolute atomic E-state index is 13.9. The predicted molar refractivity (Wildman–Crippen MR) is 198 cm³/mol. The molecular weight excluding hydrogens is 644 g/mol. The Bertz CT molecular complexity index is 1940. The van der Waals surface area contributed by atoms with E-state index in [4.69, 9.17) is 10.1 Å². The summed E-state index contributed by atoms with van der Waals surface area (Å²) >= 11 is 0. The normalized spacial score (nSPS) is 16.0. The zero-order valence-corrected chi connectivity index (χ0v) is 29.5. The fourth-order valence-corrected chi connectivity index (χ4v) is 7.10. The fourth-order valence-electron chi connectivity index (χ4n) is 7.10. The quantitative estimate of drug-likeness (QED) is 0.180. The van der Waals surface area contributed by atoms with Crippen LogP contribution in [0.1, 0.15) is 73.4 Å². The average molecular weight is 691 g/mol. The highest BCUT2D eigenvalue weighted by Gasteiger charge is 2.32. The van der Waals surface area contributed by atoms with Crippen molar-refractivity contribution in [3.05, 3.63) is 89.6 Å². The van der Waals surface area contributed by atoms with Gasteiger partial charge in [0, 0.05) is 55.1 Å². The van der Waals surface area contributed by atoms with Gasteiger partial charge in [0.1, 0.15) is 12.1 Å². The van der Waals surface area contributed by atoms with Crippen molar-refractivity contribution in [3.63, 3.8) is 0 Å². The number of carbonyl (C=O) groups is 4. The van der Waals surface area contributed by atoms with Crippen LogP contribution in [0, 0.1) is 0 Å². The molecule has 0 atom stereocenters. The van der Waals surface area contributed by atoms with E-state index in [-0.39, 0.29) is 12.5 Å². The minimum atomic E-state index is -1.28. The van der Waals surface area contributed by atoms with E-state index in [9.17, 15) is 19.2 Å². The van der Waals surface area contributed by atoms with Gasteiger partial charge in [-0.2, -0.15) is 0 Å². The molecule has 0 spiro atoms. The van der Waals surface area contributed by atoms with Crippen molar-refractivity contribution in [2.75, 3.05) is 38.5 Å². The van der Waals surface area contributed by atoms with E-state index in [1.54, 1.807) is 50.4 Å². The smallest absolute Gasteiger partial charge is 0.328 e. The number of hydrogen-bond acceptors (Lipinski definition) is 6. The number of carbonyl (C=O) groups excluding carboxylic acids is 3. The van der Waals surface area contributed by atoms with Crippen LogP contribution in [0.4, 0.5) is 5.69 Å². The van der Waals surface area contributed by atoms with Gasteiger partial charge in [-0.25, -0.2) is 4.79 Å². The van der Waals surface area contributed by atoms with Gasteiger partial charge >= 0.3 is 5.97 Å². The Morgan fingerprint density at radius 1 is 0.941 bits per heavy atom. The summed E-state index contributed by atoms with van der Waals surface area (Å²) in [5.41, 5.74) is 4.00. The second-order valence-electron chi connectivity index (χ2n) is 14.1. The van der Waals surface area contributed by atoms with Crippen LogP contribution in [0.5, 0.6) is 0 Å². The van der Waals surface area contributed by atoms with E-state index in [1.165, 1.54) is 18.1 Å². The standard InChI is InChI=1S/C40H46N6O5/c1-40(2,39(51)42-30-16-12-27(13-17-30)14-19-35(48)49)43-38(50)29-15-18-31-33(25-29)46(26-34(47)45-23-21-44(3)22-24-45)37(32-11-7-8-20-41-32)36(31)28-9-5-4-6-10-28/h7-8,11-20,25,28H,4-6,9-10,21-24,26H2,1-3H3,(H,42,51)(H,43,50)(H,48,49)/b19-14+. The lowest BCUT2D eigenvalue weighted by Crippen LogP contribution is -2.52. The highest BCUT2D eigenvalue weighted by atomic mass is 16.4. The van der Waals surface area contributed by atoms with Gasteiger partial charge in [0.15, 0.2) is 0 Å². The summed E-state index contributed by atoms with van der Waals surface area (Å²) in [6, 6.07) is 18.2. The second kappa shape index (κ2) is 15.3. The highest BCUT2D eigenvalue weighted by molar-refractivity contribution is 6.05. The van der Waals surface area contributed by atoms with Gasteiger partial charge in [-0.15, -0.1) is 0 Å². The Labute approximate surface area is 298 Å². The van der Waals surface area contributed by atoms with E-state index < -0.39 is 23.3 Å². The fraction of sp³-hybridized carbons (Fsp3) is 0.375. The van der Waals surface area contributed by atoms with Crippen molar-refractivity contribution in [1.29, 1.82) is 0 Å². The first kappa shape index (κ1) is 35.5. The second-order valence-corrected chi connectivity index (χ2v) is 14.1. The Balaban J connectivity index is 1.32. The summed E-state index contributed by atoms with van der Waals surface area (Å²) in [5.74, 6) is -1.53. The number of carboxylic acids is 1. The number of pyridine rings is 1. The van der Waals surface area contributed by atoms with Crippen LogP contribution in [0.15, 0.2) is 72.9 Å². The molecular formula is C40H46N6O5. The first-order valence-electron chi connectivity index (χ1n) is 17.7. The minimum absolute atomic E-state index is 0.0333. The molecule has 266 valence electrons. The third-order valence-corrected chi connectivity index (χ3v) is 10.0. The van der Waals surface area contributed by atoms with Gasteiger partial charge in [-0.05, 0) is 93.3 Å². The first-order chi connectivity index (χ1) is 24.5. The van der Waals surface area contributed by atoms with E-state index in [0.717, 1.165) is 67.1 Å². The van der Waals surface area contributed by atoms with E-state index >= 15 is 0 Å². The number of anilines is 1. The summed E-state index contributed by atoms with van der Waals surface area (Å²) in [6.07, 6.45) is 9.89. The van der Waals surface area contributed by atoms with Crippen LogP contribution in [-0.2, 0) is 20.9 Å². The number of amides is 3. The van der Waals surface area contributed by atoms with Crippen LogP contribution in [-0.4, -0.2) is 86.9 Å². The molecule has 1 aliphatic heterocycles. The van der Waals surface area contributed by atoms with Crippen LogP contribution in [0.3, 0.4) is 0 Å². The maximum Gasteiger partial charge on any atom is 0.328 e. The number of fused-ring (bicyclic) bond motifs is 1. The molecule has 0 unspecified atom stereocenters. The molecule has 3 heterocycles. The minimum Gasteiger partial charge on any atom is -0.478 e. The number of piperazine rings is 1. The zero-order valence-electron chi connectivity index (χ0n) is 29.5. The van der Waals surface area contributed by atoms with Crippen molar-refractivity contribution in [1.82, 2.24) is 24.7 Å². The molecule has 1 aliphatic carbocycles. The first-order valence-corrected chi connectivity index (χ1v) is 17.7. The third-order valence-electron chi connectivity index (χ3n) is 10.0. The maximum atomic E-state index is 13.9. The molecule has 6 rings (SSSR count). The van der Waals surface area contributed by atoms with Crippen LogP contribution in [0.2, 0.25) is 0 Å². The number of hydrogen-bond donors (Lipinski definition) is 3. The van der Waals surface area contributed by atoms with Crippen molar-refractivity contribution < 1.29 is 24.3 Å². The zero-order chi connectivity index (χ0) is 36.1. The largest absolute Gasteiger partial charge is 0.478 e. The van der Waals surface area contributed by atoms with Crippen LogP contribution in [0.25, 0.3) is 28.4 Å². The number of nitrogens with one attached hydrogen (secondary N) is 2. The molecule has 2 aliphatic rings. The lowest BCUT2D eigenvalue weighted by Gasteiger charge is -2.32. The highest BCUT2D eigenvalue weighted by Crippen LogP contribution is 2.44. The van der Waals surface area contributed by atoms with Gasteiger partial charge in [0.05, 0.1) is 16.9 Å². The van der Waals surface area contributed by atoms with Crippen molar-refractivity contribution in [3.8, 4) is 11.4 Å². The van der Waals surface area contributed by atoms with Gasteiger partial charge < -0.3 is 30.1 Å². The summed E-state index contributed by atoms with van der Waals surface area (Å²) in [5, 5.41) is 15.6. The Morgan fingerprint density at radius 3 is 2.33 bits per heavy atom. The molecule has 2 aromatic heterocycles. The van der Waals surface area contributed by atoms with Crippen LogP contribution < -0.4 is 10.6 Å². The Hall–Kier alpha value is -5.29. The number of nitrogens with zero attached hydrogens (tertiary/aromatic N) is 4. The lowest BCUT2D eigenvalue weighted by atomic mass is 9.82. The number of benzene rings is 2. The molecule has 11 heteroatoms. The SMILES string of the molecule is CN1CCN(C(=O)Cn2c(-c3ccccn3)c(C3CCCCC3)c3ccc(C(=O)NC(C)(C)C(=O)Nc4ccc(/C=C/C(=O)O)cc4)cc32)CC1. The third kappa shape index (κ3) is 8.20. The number of aromatic nitrogens is 2. The molecule has 2 fully saturated rings. The Kier molecular flexibility index (Phi) is 10.7. The Morgan fingerprint density at radius 2 is 1.67 bits per heavy atom. The topological polar surface area (TPSA) is 137 Å². The molecule has 0 radical (unpaired) electrons. The molecule has 3 amide bonds. The number of aliphatic carboxylic acids is 1.